The molecule has 326 valence electrons. The van der Waals surface area contributed by atoms with Crippen LogP contribution in [0.3, 0.4) is 0 Å². The second-order valence-electron chi connectivity index (χ2n) is 20.6. The standard InChI is InChI=1S/C64H50N4/c1-63(2,3)42-29-33-56-53(36-42)54-37-43(64(4,5)6)30-34-57(54)67(56)44-31-27-39(28-32-44)61-66-59-50-24-14-11-21-47(50)48-22-12-15-25-51(48)60(59)68(61)62-52-26-16-13-23-49(52)55(38-65-62)58-45-19-9-7-17-40(45)35-41-18-8-10-20-46(41)58/h7-38H,1-6H3. The number of hydrogen-bond acceptors (Lipinski definition) is 2. The summed E-state index contributed by atoms with van der Waals surface area (Å²) in [5, 5.41) is 14.3. The van der Waals surface area contributed by atoms with Crippen LogP contribution in [0.5, 0.6) is 0 Å². The first-order valence-electron chi connectivity index (χ1n) is 23.8. The van der Waals surface area contributed by atoms with Crippen LogP contribution in [0, 0.1) is 0 Å². The fourth-order valence-electron chi connectivity index (χ4n) is 11.0. The molecule has 0 unspecified atom stereocenters. The molecule has 0 bridgehead atoms. The van der Waals surface area contributed by atoms with Crippen LogP contribution in [0.25, 0.3) is 121 Å². The first kappa shape index (κ1) is 40.2. The first-order valence-corrected chi connectivity index (χ1v) is 23.8. The lowest BCUT2D eigenvalue weighted by atomic mass is 9.85. The van der Waals surface area contributed by atoms with Gasteiger partial charge in [0.2, 0.25) is 0 Å². The SMILES string of the molecule is CC(C)(C)c1ccc2c(c1)c1cc(C(C)(C)C)ccc1n2-c1ccc(-c2nc3c4ccccc4c4ccccc4c3n2-c2ncc(-c3c4ccccc4cc4ccccc34)c3ccccc23)cc1. The molecular weight excluding hydrogens is 825 g/mol. The Kier molecular flexibility index (Phi) is 8.70. The fourth-order valence-corrected chi connectivity index (χ4v) is 11.0. The fraction of sp³-hybridized carbons (Fsp3) is 0.125. The van der Waals surface area contributed by atoms with E-state index < -0.39 is 0 Å². The molecule has 0 saturated heterocycles. The molecule has 3 heterocycles. The third-order valence-electron chi connectivity index (χ3n) is 14.4. The molecule has 0 spiro atoms. The van der Waals surface area contributed by atoms with E-state index in [0.29, 0.717) is 0 Å². The van der Waals surface area contributed by atoms with E-state index in [2.05, 4.69) is 245 Å². The Labute approximate surface area is 395 Å². The second kappa shape index (κ2) is 14.7. The van der Waals surface area contributed by atoms with Crippen molar-refractivity contribution in [3.8, 4) is 34.0 Å². The number of benzene rings is 10. The third-order valence-corrected chi connectivity index (χ3v) is 14.4. The summed E-state index contributed by atoms with van der Waals surface area (Å²) in [6, 6.07) is 69.1. The Morgan fingerprint density at radius 2 is 0.882 bits per heavy atom. The van der Waals surface area contributed by atoms with Crippen molar-refractivity contribution in [1.82, 2.24) is 19.1 Å². The zero-order valence-electron chi connectivity index (χ0n) is 39.3. The molecule has 0 radical (unpaired) electrons. The molecule has 13 aromatic rings. The van der Waals surface area contributed by atoms with Crippen LogP contribution < -0.4 is 0 Å². The lowest BCUT2D eigenvalue weighted by Gasteiger charge is -2.19. The highest BCUT2D eigenvalue weighted by Gasteiger charge is 2.25. The normalized spacial score (nSPS) is 12.6. The molecule has 0 saturated carbocycles. The van der Waals surface area contributed by atoms with Crippen molar-refractivity contribution in [2.45, 2.75) is 52.4 Å². The second-order valence-corrected chi connectivity index (χ2v) is 20.6. The van der Waals surface area contributed by atoms with Gasteiger partial charge < -0.3 is 4.57 Å². The maximum absolute atomic E-state index is 5.68. The highest BCUT2D eigenvalue weighted by Crippen LogP contribution is 2.44. The van der Waals surface area contributed by atoms with Crippen LogP contribution >= 0.6 is 0 Å². The first-order chi connectivity index (χ1) is 33.0. The predicted molar refractivity (Wildman–Crippen MR) is 289 cm³/mol. The summed E-state index contributed by atoms with van der Waals surface area (Å²) >= 11 is 0. The Bertz CT molecular complexity index is 4080. The van der Waals surface area contributed by atoms with E-state index in [4.69, 9.17) is 9.97 Å². The largest absolute Gasteiger partial charge is 0.309 e. The van der Waals surface area contributed by atoms with Crippen molar-refractivity contribution < 1.29 is 0 Å². The molecule has 10 aromatic carbocycles. The van der Waals surface area contributed by atoms with Gasteiger partial charge in [-0.05, 0) is 120 Å². The molecule has 0 atom stereocenters. The van der Waals surface area contributed by atoms with E-state index in [1.807, 2.05) is 0 Å². The molecule has 3 aromatic heterocycles. The Balaban J connectivity index is 1.07. The van der Waals surface area contributed by atoms with Crippen LogP contribution in [0.15, 0.2) is 194 Å². The molecule has 0 aliphatic heterocycles. The molecule has 13 rings (SSSR count). The summed E-state index contributed by atoms with van der Waals surface area (Å²) in [5.74, 6) is 1.70. The molecule has 0 aliphatic carbocycles. The Morgan fingerprint density at radius 3 is 1.46 bits per heavy atom. The van der Waals surface area contributed by atoms with Gasteiger partial charge in [-0.3, -0.25) is 4.57 Å². The van der Waals surface area contributed by atoms with Gasteiger partial charge in [0.15, 0.2) is 0 Å². The highest BCUT2D eigenvalue weighted by molar-refractivity contribution is 6.25. The summed E-state index contributed by atoms with van der Waals surface area (Å²) in [4.78, 5) is 11.2. The summed E-state index contributed by atoms with van der Waals surface area (Å²) in [7, 11) is 0. The van der Waals surface area contributed by atoms with Gasteiger partial charge in [-0.15, -0.1) is 0 Å². The van der Waals surface area contributed by atoms with Crippen molar-refractivity contribution in [2.24, 2.45) is 0 Å². The smallest absolute Gasteiger partial charge is 0.146 e. The number of aromatic nitrogens is 4. The van der Waals surface area contributed by atoms with E-state index >= 15 is 0 Å². The Hall–Kier alpha value is -8.08. The van der Waals surface area contributed by atoms with Crippen molar-refractivity contribution >= 4 is 86.7 Å². The van der Waals surface area contributed by atoms with E-state index in [1.54, 1.807) is 0 Å². The van der Waals surface area contributed by atoms with Gasteiger partial charge in [-0.25, -0.2) is 9.97 Å². The molecule has 0 aliphatic rings. The molecule has 68 heavy (non-hydrogen) atoms. The molecule has 0 amide bonds. The van der Waals surface area contributed by atoms with Crippen molar-refractivity contribution in [3.05, 3.63) is 205 Å². The lowest BCUT2D eigenvalue weighted by Crippen LogP contribution is -2.10. The van der Waals surface area contributed by atoms with Crippen LogP contribution in [-0.2, 0) is 10.8 Å². The maximum atomic E-state index is 5.68. The van der Waals surface area contributed by atoms with E-state index in [-0.39, 0.29) is 10.8 Å². The summed E-state index contributed by atoms with van der Waals surface area (Å²) in [6.45, 7) is 13.8. The van der Waals surface area contributed by atoms with Crippen molar-refractivity contribution in [2.75, 3.05) is 0 Å². The topological polar surface area (TPSA) is 35.6 Å². The molecule has 0 N–H and O–H groups in total. The van der Waals surface area contributed by atoms with Gasteiger partial charge in [0, 0.05) is 49.9 Å². The van der Waals surface area contributed by atoms with Gasteiger partial charge in [0.1, 0.15) is 11.6 Å². The summed E-state index contributed by atoms with van der Waals surface area (Å²) in [5.41, 5.74) is 11.6. The minimum Gasteiger partial charge on any atom is -0.309 e. The van der Waals surface area contributed by atoms with Gasteiger partial charge in [-0.1, -0.05) is 175 Å². The maximum Gasteiger partial charge on any atom is 0.146 e. The number of imidazole rings is 1. The van der Waals surface area contributed by atoms with E-state index in [1.165, 1.54) is 70.8 Å². The average Bonchev–Trinajstić information content (AvgIpc) is 3.92. The minimum atomic E-state index is 0.0266. The number of pyridine rings is 1. The Morgan fingerprint density at radius 1 is 0.397 bits per heavy atom. The van der Waals surface area contributed by atoms with Crippen LogP contribution in [-0.4, -0.2) is 19.1 Å². The van der Waals surface area contributed by atoms with Crippen molar-refractivity contribution in [3.63, 3.8) is 0 Å². The average molecular weight is 875 g/mol. The molecule has 4 nitrogen and oxygen atoms in total. The predicted octanol–water partition coefficient (Wildman–Crippen LogP) is 17.2. The summed E-state index contributed by atoms with van der Waals surface area (Å²) in [6.07, 6.45) is 2.10. The van der Waals surface area contributed by atoms with Gasteiger partial charge in [0.25, 0.3) is 0 Å². The zero-order chi connectivity index (χ0) is 46.1. The molecule has 0 fully saturated rings. The molecular formula is C64H50N4. The molecule has 4 heteroatoms. The van der Waals surface area contributed by atoms with Crippen LogP contribution in [0.4, 0.5) is 0 Å². The van der Waals surface area contributed by atoms with Crippen molar-refractivity contribution in [1.29, 1.82) is 0 Å². The monoisotopic (exact) mass is 874 g/mol. The number of fused-ring (bicyclic) bond motifs is 12. The van der Waals surface area contributed by atoms with E-state index in [0.717, 1.165) is 61.0 Å². The number of rotatable bonds is 4. The zero-order valence-corrected chi connectivity index (χ0v) is 39.3. The number of nitrogens with zero attached hydrogens (tertiary/aromatic N) is 4. The third kappa shape index (κ3) is 6.06. The van der Waals surface area contributed by atoms with E-state index in [9.17, 15) is 0 Å². The minimum absolute atomic E-state index is 0.0266. The number of hydrogen-bond donors (Lipinski definition) is 0. The highest BCUT2D eigenvalue weighted by atomic mass is 15.1. The van der Waals surface area contributed by atoms with Crippen LogP contribution in [0.2, 0.25) is 0 Å². The van der Waals surface area contributed by atoms with Crippen LogP contribution in [0.1, 0.15) is 52.7 Å². The quantitative estimate of drug-likeness (QED) is 0.130. The van der Waals surface area contributed by atoms with Gasteiger partial charge in [-0.2, -0.15) is 0 Å². The lowest BCUT2D eigenvalue weighted by molar-refractivity contribution is 0.590. The van der Waals surface area contributed by atoms with Gasteiger partial charge in [0.05, 0.1) is 22.1 Å². The summed E-state index contributed by atoms with van der Waals surface area (Å²) < 4.78 is 4.77. The van der Waals surface area contributed by atoms with Gasteiger partial charge >= 0.3 is 0 Å².